The van der Waals surface area contributed by atoms with Crippen molar-refractivity contribution in [1.29, 1.82) is 0 Å². The van der Waals surface area contributed by atoms with Crippen LogP contribution in [0.1, 0.15) is 26.3 Å². The molecule has 0 saturated carbocycles. The number of carbonyl (C=O) groups excluding carboxylic acids is 2. The molecular weight excluding hydrogens is 369 g/mol. The van der Waals surface area contributed by atoms with E-state index in [0.717, 1.165) is 5.56 Å². The molecule has 1 fully saturated rings. The predicted octanol–water partition coefficient (Wildman–Crippen LogP) is 4.12. The van der Waals surface area contributed by atoms with Crippen LogP contribution in [0.5, 0.6) is 0 Å². The summed E-state index contributed by atoms with van der Waals surface area (Å²) >= 11 is 4.66. The summed E-state index contributed by atoms with van der Waals surface area (Å²) in [6.45, 7) is 5.84. The Bertz CT molecular complexity index is 652. The lowest BCUT2D eigenvalue weighted by Gasteiger charge is -2.20. The zero-order valence-corrected chi connectivity index (χ0v) is 15.1. The molecule has 0 atom stereocenters. The number of rotatable bonds is 3. The van der Waals surface area contributed by atoms with Crippen molar-refractivity contribution < 1.29 is 14.0 Å². The molecule has 0 bridgehead atoms. The van der Waals surface area contributed by atoms with Crippen LogP contribution in [0, 0.1) is 11.2 Å². The van der Waals surface area contributed by atoms with E-state index < -0.39 is 5.41 Å². The summed E-state index contributed by atoms with van der Waals surface area (Å²) in [7, 11) is 0. The van der Waals surface area contributed by atoms with Crippen LogP contribution in [0.15, 0.2) is 33.8 Å². The van der Waals surface area contributed by atoms with E-state index in [-0.39, 0.29) is 17.5 Å². The minimum atomic E-state index is -0.485. The highest BCUT2D eigenvalue weighted by molar-refractivity contribution is 9.10. The highest BCUT2D eigenvalue weighted by atomic mass is 79.9. The van der Waals surface area contributed by atoms with Gasteiger partial charge in [-0.05, 0) is 17.7 Å². The predicted molar refractivity (Wildman–Crippen MR) is 89.7 cm³/mol. The SMILES string of the molecule is CC(C)(C)C(=O)/C=C1\SCC(=O)N1Cc1ccc(F)cc1Br. The monoisotopic (exact) mass is 385 g/mol. The van der Waals surface area contributed by atoms with Gasteiger partial charge in [-0.15, -0.1) is 0 Å². The van der Waals surface area contributed by atoms with Gasteiger partial charge in [0.05, 0.1) is 17.3 Å². The number of ketones is 1. The fraction of sp³-hybridized carbons (Fsp3) is 0.375. The summed E-state index contributed by atoms with van der Waals surface area (Å²) in [5.41, 5.74) is 0.313. The van der Waals surface area contributed by atoms with E-state index in [1.54, 1.807) is 11.0 Å². The number of nitrogens with zero attached hydrogens (tertiary/aromatic N) is 1. The highest BCUT2D eigenvalue weighted by Crippen LogP contribution is 2.33. The maximum Gasteiger partial charge on any atom is 0.238 e. The number of allylic oxidation sites excluding steroid dienone is 1. The molecular formula is C16H17BrFNO2S. The van der Waals surface area contributed by atoms with Crippen LogP contribution in [-0.4, -0.2) is 22.3 Å². The van der Waals surface area contributed by atoms with Crippen LogP contribution in [0.2, 0.25) is 0 Å². The highest BCUT2D eigenvalue weighted by Gasteiger charge is 2.29. The number of carbonyl (C=O) groups is 2. The van der Waals surface area contributed by atoms with Gasteiger partial charge in [-0.3, -0.25) is 9.59 Å². The molecule has 1 aromatic rings. The Morgan fingerprint density at radius 3 is 2.73 bits per heavy atom. The maximum absolute atomic E-state index is 13.1. The lowest BCUT2D eigenvalue weighted by atomic mass is 9.91. The van der Waals surface area contributed by atoms with Crippen LogP contribution < -0.4 is 0 Å². The van der Waals surface area contributed by atoms with Crippen molar-refractivity contribution in [3.63, 3.8) is 0 Å². The van der Waals surface area contributed by atoms with Crippen molar-refractivity contribution >= 4 is 39.4 Å². The van der Waals surface area contributed by atoms with Crippen molar-refractivity contribution in [2.45, 2.75) is 27.3 Å². The first-order chi connectivity index (χ1) is 10.2. The fourth-order valence-corrected chi connectivity index (χ4v) is 3.27. The molecule has 0 unspecified atom stereocenters. The van der Waals surface area contributed by atoms with Crippen molar-refractivity contribution in [3.05, 3.63) is 45.2 Å². The van der Waals surface area contributed by atoms with Gasteiger partial charge in [0, 0.05) is 16.0 Å². The van der Waals surface area contributed by atoms with Gasteiger partial charge in [-0.1, -0.05) is 54.5 Å². The smallest absolute Gasteiger partial charge is 0.238 e. The first-order valence-corrected chi connectivity index (χ1v) is 8.59. The van der Waals surface area contributed by atoms with Crippen molar-refractivity contribution in [2.24, 2.45) is 5.41 Å². The van der Waals surface area contributed by atoms with E-state index in [1.807, 2.05) is 20.8 Å². The van der Waals surface area contributed by atoms with Crippen molar-refractivity contribution in [1.82, 2.24) is 4.90 Å². The molecule has 0 spiro atoms. The summed E-state index contributed by atoms with van der Waals surface area (Å²) in [5, 5.41) is 0.654. The third kappa shape index (κ3) is 3.98. The average molecular weight is 386 g/mol. The molecule has 1 aromatic carbocycles. The number of hydrogen-bond donors (Lipinski definition) is 0. The van der Waals surface area contributed by atoms with Gasteiger partial charge in [0.25, 0.3) is 0 Å². The molecule has 1 saturated heterocycles. The Labute approximate surface area is 142 Å². The topological polar surface area (TPSA) is 37.4 Å². The molecule has 2 rings (SSSR count). The Hall–Kier alpha value is -1.14. The normalized spacial score (nSPS) is 17.4. The molecule has 0 aromatic heterocycles. The average Bonchev–Trinajstić information content (AvgIpc) is 2.73. The first kappa shape index (κ1) is 17.2. The van der Waals surface area contributed by atoms with Gasteiger partial charge < -0.3 is 4.90 Å². The maximum atomic E-state index is 13.1. The molecule has 6 heteroatoms. The van der Waals surface area contributed by atoms with E-state index in [2.05, 4.69) is 15.9 Å². The van der Waals surface area contributed by atoms with Gasteiger partial charge in [-0.25, -0.2) is 4.39 Å². The van der Waals surface area contributed by atoms with Crippen molar-refractivity contribution in [2.75, 3.05) is 5.75 Å². The third-order valence-electron chi connectivity index (χ3n) is 3.25. The van der Waals surface area contributed by atoms with Crippen LogP contribution in [0.4, 0.5) is 4.39 Å². The molecule has 3 nitrogen and oxygen atoms in total. The lowest BCUT2D eigenvalue weighted by molar-refractivity contribution is -0.125. The van der Waals surface area contributed by atoms with Gasteiger partial charge in [0.15, 0.2) is 5.78 Å². The Kier molecular flexibility index (Phi) is 5.12. The lowest BCUT2D eigenvalue weighted by Crippen LogP contribution is -2.26. The minimum absolute atomic E-state index is 0.0205. The summed E-state index contributed by atoms with van der Waals surface area (Å²) in [6.07, 6.45) is 1.53. The van der Waals surface area contributed by atoms with E-state index in [1.165, 1.54) is 30.0 Å². The molecule has 1 aliphatic rings. The zero-order valence-electron chi connectivity index (χ0n) is 12.7. The quantitative estimate of drug-likeness (QED) is 0.734. The molecule has 0 N–H and O–H groups in total. The number of amides is 1. The second kappa shape index (κ2) is 6.54. The Balaban J connectivity index is 2.25. The number of hydrogen-bond acceptors (Lipinski definition) is 3. The molecule has 0 aliphatic carbocycles. The summed E-state index contributed by atoms with van der Waals surface area (Å²) < 4.78 is 13.8. The van der Waals surface area contributed by atoms with Crippen LogP contribution in [-0.2, 0) is 16.1 Å². The van der Waals surface area contributed by atoms with Crippen LogP contribution in [0.3, 0.4) is 0 Å². The second-order valence-electron chi connectivity index (χ2n) is 6.10. The van der Waals surface area contributed by atoms with Gasteiger partial charge in [0.1, 0.15) is 5.82 Å². The van der Waals surface area contributed by atoms with Gasteiger partial charge in [-0.2, -0.15) is 0 Å². The van der Waals surface area contributed by atoms with Crippen molar-refractivity contribution in [3.8, 4) is 0 Å². The Morgan fingerprint density at radius 2 is 2.14 bits per heavy atom. The Morgan fingerprint density at radius 1 is 1.45 bits per heavy atom. The molecule has 1 heterocycles. The summed E-state index contributed by atoms with van der Waals surface area (Å²) in [4.78, 5) is 25.8. The molecule has 0 radical (unpaired) electrons. The fourth-order valence-electron chi connectivity index (χ4n) is 1.85. The first-order valence-electron chi connectivity index (χ1n) is 6.81. The number of halogens is 2. The molecule has 22 heavy (non-hydrogen) atoms. The summed E-state index contributed by atoms with van der Waals surface area (Å²) in [6, 6.07) is 4.36. The zero-order chi connectivity index (χ0) is 16.5. The van der Waals surface area contributed by atoms with E-state index in [4.69, 9.17) is 0 Å². The van der Waals surface area contributed by atoms with Crippen LogP contribution in [0.25, 0.3) is 0 Å². The molecule has 1 amide bonds. The number of benzene rings is 1. The minimum Gasteiger partial charge on any atom is -0.301 e. The van der Waals surface area contributed by atoms with E-state index in [9.17, 15) is 14.0 Å². The largest absolute Gasteiger partial charge is 0.301 e. The number of thioether (sulfide) groups is 1. The standard InChI is InChI=1S/C16H17BrFNO2S/c1-16(2,3)13(20)7-15-19(14(21)9-22-15)8-10-4-5-11(18)6-12(10)17/h4-7H,8-9H2,1-3H3/b15-7-. The summed E-state index contributed by atoms with van der Waals surface area (Å²) in [5.74, 6) is -0.0827. The van der Waals surface area contributed by atoms with Crippen LogP contribution >= 0.6 is 27.7 Å². The molecule has 1 aliphatic heterocycles. The van der Waals surface area contributed by atoms with E-state index >= 15 is 0 Å². The van der Waals surface area contributed by atoms with Gasteiger partial charge in [0.2, 0.25) is 5.91 Å². The third-order valence-corrected chi connectivity index (χ3v) is 5.01. The van der Waals surface area contributed by atoms with E-state index in [0.29, 0.717) is 21.8 Å². The second-order valence-corrected chi connectivity index (χ2v) is 7.95. The molecule has 118 valence electrons. The van der Waals surface area contributed by atoms with Gasteiger partial charge >= 0.3 is 0 Å².